The van der Waals surface area contributed by atoms with E-state index in [0.717, 1.165) is 17.3 Å². The lowest BCUT2D eigenvalue weighted by Crippen LogP contribution is -2.50. The Morgan fingerprint density at radius 3 is 2.03 bits per heavy atom. The Labute approximate surface area is 204 Å². The standard InChI is InChI=1S/C27H29N3O5/c1-17(2)29-16-21(23(19-11-7-5-8-12-19)20-13-9-6-10-14-20)30-24(26(29)32)25(22(31)15-28-30)35-27(33)34-18(3)4/h5-15,17-18,21,23H,16H2,1-4H3. The van der Waals surface area contributed by atoms with Gasteiger partial charge < -0.3 is 14.4 Å². The zero-order valence-corrected chi connectivity index (χ0v) is 20.3. The van der Waals surface area contributed by atoms with E-state index in [4.69, 9.17) is 9.47 Å². The van der Waals surface area contributed by atoms with Gasteiger partial charge in [0.15, 0.2) is 5.69 Å². The first kappa shape index (κ1) is 24.2. The van der Waals surface area contributed by atoms with Crippen molar-refractivity contribution in [2.75, 3.05) is 6.54 Å². The zero-order valence-electron chi connectivity index (χ0n) is 20.3. The normalized spacial score (nSPS) is 15.5. The predicted octanol–water partition coefficient (Wildman–Crippen LogP) is 4.40. The molecule has 0 aliphatic carbocycles. The number of aromatic nitrogens is 2. The molecule has 8 nitrogen and oxygen atoms in total. The molecule has 1 amide bonds. The average molecular weight is 476 g/mol. The van der Waals surface area contributed by atoms with Crippen LogP contribution in [0.4, 0.5) is 4.79 Å². The minimum absolute atomic E-state index is 0.0555. The van der Waals surface area contributed by atoms with E-state index < -0.39 is 23.6 Å². The van der Waals surface area contributed by atoms with Gasteiger partial charge in [0.2, 0.25) is 11.2 Å². The van der Waals surface area contributed by atoms with Crippen molar-refractivity contribution in [3.05, 3.63) is 93.9 Å². The Balaban J connectivity index is 1.92. The lowest BCUT2D eigenvalue weighted by Gasteiger charge is -2.41. The fraction of sp³-hybridized carbons (Fsp3) is 0.333. The molecule has 0 bridgehead atoms. The molecule has 0 saturated carbocycles. The number of fused-ring (bicyclic) bond motifs is 1. The highest BCUT2D eigenvalue weighted by atomic mass is 16.7. The van der Waals surface area contributed by atoms with Crippen molar-refractivity contribution in [2.45, 2.75) is 51.8 Å². The van der Waals surface area contributed by atoms with Crippen molar-refractivity contribution in [1.29, 1.82) is 0 Å². The Hall–Kier alpha value is -3.94. The molecule has 2 heterocycles. The van der Waals surface area contributed by atoms with Crippen LogP contribution in [0.15, 0.2) is 71.7 Å². The number of ether oxygens (including phenoxy) is 2. The van der Waals surface area contributed by atoms with Crippen molar-refractivity contribution in [2.24, 2.45) is 0 Å². The molecule has 4 rings (SSSR count). The topological polar surface area (TPSA) is 90.7 Å². The molecule has 8 heteroatoms. The van der Waals surface area contributed by atoms with E-state index in [1.165, 1.54) is 4.68 Å². The molecule has 35 heavy (non-hydrogen) atoms. The largest absolute Gasteiger partial charge is 0.514 e. The fourth-order valence-corrected chi connectivity index (χ4v) is 4.44. The Bertz CT molecular complexity index is 1220. The van der Waals surface area contributed by atoms with E-state index in [1.807, 2.05) is 74.5 Å². The van der Waals surface area contributed by atoms with Gasteiger partial charge in [0, 0.05) is 18.5 Å². The van der Waals surface area contributed by atoms with Crippen molar-refractivity contribution in [3.8, 4) is 5.75 Å². The molecule has 0 radical (unpaired) electrons. The predicted molar refractivity (Wildman–Crippen MR) is 131 cm³/mol. The molecule has 3 aromatic rings. The summed E-state index contributed by atoms with van der Waals surface area (Å²) >= 11 is 0. The molecule has 0 fully saturated rings. The van der Waals surface area contributed by atoms with E-state index in [2.05, 4.69) is 5.10 Å². The summed E-state index contributed by atoms with van der Waals surface area (Å²) in [5.74, 6) is -0.976. The third kappa shape index (κ3) is 4.96. The van der Waals surface area contributed by atoms with Crippen LogP contribution in [0, 0.1) is 0 Å². The van der Waals surface area contributed by atoms with Crippen LogP contribution in [0.2, 0.25) is 0 Å². The summed E-state index contributed by atoms with van der Waals surface area (Å²) in [6.45, 7) is 7.52. The van der Waals surface area contributed by atoms with Gasteiger partial charge in [0.05, 0.1) is 18.3 Å². The average Bonchev–Trinajstić information content (AvgIpc) is 2.83. The number of carbonyl (C=O) groups is 2. The third-order valence-corrected chi connectivity index (χ3v) is 5.97. The first-order chi connectivity index (χ1) is 16.8. The Morgan fingerprint density at radius 1 is 0.943 bits per heavy atom. The van der Waals surface area contributed by atoms with Gasteiger partial charge in [-0.2, -0.15) is 5.10 Å². The summed E-state index contributed by atoms with van der Waals surface area (Å²) in [6, 6.07) is 19.4. The van der Waals surface area contributed by atoms with Crippen LogP contribution < -0.4 is 10.2 Å². The lowest BCUT2D eigenvalue weighted by atomic mass is 9.83. The van der Waals surface area contributed by atoms with Crippen LogP contribution in [0.3, 0.4) is 0 Å². The van der Waals surface area contributed by atoms with Crippen LogP contribution in [0.25, 0.3) is 0 Å². The van der Waals surface area contributed by atoms with E-state index in [0.29, 0.717) is 6.54 Å². The van der Waals surface area contributed by atoms with Gasteiger partial charge in [-0.15, -0.1) is 0 Å². The molecule has 1 atom stereocenters. The number of rotatable bonds is 6. The summed E-state index contributed by atoms with van der Waals surface area (Å²) < 4.78 is 11.9. The van der Waals surface area contributed by atoms with Crippen LogP contribution in [-0.4, -0.2) is 45.4 Å². The molecule has 2 aromatic carbocycles. The summed E-state index contributed by atoms with van der Waals surface area (Å²) in [4.78, 5) is 40.3. The summed E-state index contributed by atoms with van der Waals surface area (Å²) in [5, 5.41) is 4.37. The minimum Gasteiger partial charge on any atom is -0.431 e. The lowest BCUT2D eigenvalue weighted by molar-refractivity contribution is 0.0550. The second kappa shape index (κ2) is 10.1. The maximum atomic E-state index is 13.6. The highest BCUT2D eigenvalue weighted by Crippen LogP contribution is 2.39. The van der Waals surface area contributed by atoms with E-state index in [-0.39, 0.29) is 29.4 Å². The fourth-order valence-electron chi connectivity index (χ4n) is 4.44. The number of amides is 1. The summed E-state index contributed by atoms with van der Waals surface area (Å²) in [6.07, 6.45) is -0.404. The maximum absolute atomic E-state index is 13.6. The highest BCUT2D eigenvalue weighted by molar-refractivity contribution is 5.96. The van der Waals surface area contributed by atoms with Crippen LogP contribution in [0.1, 0.15) is 61.3 Å². The second-order valence-electron chi connectivity index (χ2n) is 9.07. The number of hydrogen-bond acceptors (Lipinski definition) is 6. The summed E-state index contributed by atoms with van der Waals surface area (Å²) in [5.41, 5.74) is 1.36. The molecule has 1 aromatic heterocycles. The van der Waals surface area contributed by atoms with Gasteiger partial charge in [-0.05, 0) is 38.8 Å². The number of hydrogen-bond donors (Lipinski definition) is 0. The van der Waals surface area contributed by atoms with Gasteiger partial charge in [0.25, 0.3) is 5.91 Å². The van der Waals surface area contributed by atoms with Crippen molar-refractivity contribution in [1.82, 2.24) is 14.7 Å². The van der Waals surface area contributed by atoms with Crippen LogP contribution in [0.5, 0.6) is 5.75 Å². The van der Waals surface area contributed by atoms with E-state index >= 15 is 0 Å². The van der Waals surface area contributed by atoms with E-state index in [1.54, 1.807) is 18.7 Å². The summed E-state index contributed by atoms with van der Waals surface area (Å²) in [7, 11) is 0. The molecule has 0 N–H and O–H groups in total. The van der Waals surface area contributed by atoms with Crippen molar-refractivity contribution >= 4 is 12.1 Å². The Morgan fingerprint density at radius 2 is 1.51 bits per heavy atom. The van der Waals surface area contributed by atoms with Gasteiger partial charge in [-0.1, -0.05) is 60.7 Å². The van der Waals surface area contributed by atoms with Crippen molar-refractivity contribution in [3.63, 3.8) is 0 Å². The molecular weight excluding hydrogens is 446 g/mol. The van der Waals surface area contributed by atoms with Crippen LogP contribution in [-0.2, 0) is 4.74 Å². The number of nitrogens with zero attached hydrogens (tertiary/aromatic N) is 3. The Kier molecular flexibility index (Phi) is 7.00. The van der Waals surface area contributed by atoms with Crippen LogP contribution >= 0.6 is 0 Å². The molecule has 1 unspecified atom stereocenters. The first-order valence-corrected chi connectivity index (χ1v) is 11.7. The van der Waals surface area contributed by atoms with E-state index in [9.17, 15) is 14.4 Å². The maximum Gasteiger partial charge on any atom is 0.514 e. The smallest absolute Gasteiger partial charge is 0.431 e. The molecule has 0 saturated heterocycles. The molecular formula is C27H29N3O5. The van der Waals surface area contributed by atoms with Gasteiger partial charge in [-0.25, -0.2) is 4.79 Å². The van der Waals surface area contributed by atoms with Gasteiger partial charge in [-0.3, -0.25) is 14.3 Å². The zero-order chi connectivity index (χ0) is 25.1. The number of benzene rings is 2. The monoisotopic (exact) mass is 475 g/mol. The molecule has 0 spiro atoms. The third-order valence-electron chi connectivity index (χ3n) is 5.97. The van der Waals surface area contributed by atoms with Gasteiger partial charge >= 0.3 is 6.16 Å². The molecule has 182 valence electrons. The van der Waals surface area contributed by atoms with Crippen molar-refractivity contribution < 1.29 is 19.1 Å². The highest BCUT2D eigenvalue weighted by Gasteiger charge is 2.41. The van der Waals surface area contributed by atoms with Gasteiger partial charge in [0.1, 0.15) is 0 Å². The molecule has 1 aliphatic heterocycles. The molecule has 1 aliphatic rings. The SMILES string of the molecule is CC(C)OC(=O)Oc1c2n(ncc1=O)C(C(c1ccccc1)c1ccccc1)CN(C(C)C)C2=O. The second-order valence-corrected chi connectivity index (χ2v) is 9.07. The quantitative estimate of drug-likeness (QED) is 0.491. The number of carbonyl (C=O) groups excluding carboxylic acids is 2. The minimum atomic E-state index is -1.04. The first-order valence-electron chi connectivity index (χ1n) is 11.7.